The van der Waals surface area contributed by atoms with Gasteiger partial charge in [-0.05, 0) is 36.0 Å². The molecule has 0 radical (unpaired) electrons. The number of hydrogen-bond donors (Lipinski definition) is 0. The molecular formula is C21H21NO. The maximum absolute atomic E-state index is 12.0. The van der Waals surface area contributed by atoms with Crippen molar-refractivity contribution in [1.29, 1.82) is 0 Å². The van der Waals surface area contributed by atoms with Crippen LogP contribution in [0.5, 0.6) is 0 Å². The van der Waals surface area contributed by atoms with Crippen molar-refractivity contribution in [3.63, 3.8) is 0 Å². The second-order valence-corrected chi connectivity index (χ2v) is 6.86. The Kier molecular flexibility index (Phi) is 3.33. The number of nitrogens with zero attached hydrogens (tertiary/aromatic N) is 1. The van der Waals surface area contributed by atoms with Crippen molar-refractivity contribution in [1.82, 2.24) is 4.90 Å². The van der Waals surface area contributed by atoms with Crippen LogP contribution in [0.25, 0.3) is 0 Å². The number of rotatable bonds is 2. The maximum atomic E-state index is 12.0. The minimum atomic E-state index is 0.117. The Morgan fingerprint density at radius 3 is 2.65 bits per heavy atom. The summed E-state index contributed by atoms with van der Waals surface area (Å²) in [5, 5.41) is 0. The van der Waals surface area contributed by atoms with Crippen LogP contribution < -0.4 is 0 Å². The molecule has 0 aromatic heterocycles. The van der Waals surface area contributed by atoms with E-state index in [1.165, 1.54) is 16.7 Å². The monoisotopic (exact) mass is 303 g/mol. The van der Waals surface area contributed by atoms with E-state index in [0.29, 0.717) is 0 Å². The van der Waals surface area contributed by atoms with Gasteiger partial charge in [0.1, 0.15) is 0 Å². The normalized spacial score (nSPS) is 25.1. The third-order valence-corrected chi connectivity index (χ3v) is 5.24. The highest BCUT2D eigenvalue weighted by molar-refractivity contribution is 5.75. The van der Waals surface area contributed by atoms with Crippen LogP contribution in [-0.2, 0) is 17.6 Å². The topological polar surface area (TPSA) is 20.3 Å². The van der Waals surface area contributed by atoms with E-state index in [1.54, 1.807) is 6.92 Å². The highest BCUT2D eigenvalue weighted by atomic mass is 16.2. The minimum Gasteiger partial charge on any atom is -0.312 e. The van der Waals surface area contributed by atoms with Crippen molar-refractivity contribution in [3.05, 3.63) is 83.6 Å². The number of benzene rings is 2. The molecular weight excluding hydrogens is 282 g/mol. The highest BCUT2D eigenvalue weighted by Gasteiger charge is 2.42. The van der Waals surface area contributed by atoms with E-state index in [9.17, 15) is 4.79 Å². The SMILES string of the molecule is CC(=O)N1C=C[C@]2(Cc3ccccc3)Cc3ccccc3[C@H]1C2. The Morgan fingerprint density at radius 2 is 1.87 bits per heavy atom. The van der Waals surface area contributed by atoms with E-state index < -0.39 is 0 Å². The molecule has 0 N–H and O–H groups in total. The maximum Gasteiger partial charge on any atom is 0.223 e. The first kappa shape index (κ1) is 14.3. The van der Waals surface area contributed by atoms with Crippen molar-refractivity contribution >= 4 is 5.91 Å². The first-order chi connectivity index (χ1) is 11.2. The molecule has 4 rings (SSSR count). The lowest BCUT2D eigenvalue weighted by atomic mass is 9.65. The molecule has 0 saturated heterocycles. The predicted octanol–water partition coefficient (Wildman–Crippen LogP) is 4.28. The van der Waals surface area contributed by atoms with Crippen LogP contribution in [-0.4, -0.2) is 10.8 Å². The summed E-state index contributed by atoms with van der Waals surface area (Å²) in [6, 6.07) is 19.5. The van der Waals surface area contributed by atoms with Crippen LogP contribution in [0, 0.1) is 5.41 Å². The number of carbonyl (C=O) groups is 1. The minimum absolute atomic E-state index is 0.117. The molecule has 1 heterocycles. The molecule has 0 saturated carbocycles. The zero-order valence-electron chi connectivity index (χ0n) is 13.4. The molecule has 116 valence electrons. The first-order valence-corrected chi connectivity index (χ1v) is 8.27. The van der Waals surface area contributed by atoms with Crippen LogP contribution >= 0.6 is 0 Å². The van der Waals surface area contributed by atoms with Gasteiger partial charge in [0.05, 0.1) is 6.04 Å². The van der Waals surface area contributed by atoms with Crippen LogP contribution in [0.2, 0.25) is 0 Å². The fourth-order valence-corrected chi connectivity index (χ4v) is 4.20. The van der Waals surface area contributed by atoms with Crippen LogP contribution in [0.4, 0.5) is 0 Å². The lowest BCUT2D eigenvalue weighted by molar-refractivity contribution is -0.129. The lowest BCUT2D eigenvalue weighted by Gasteiger charge is -2.47. The van der Waals surface area contributed by atoms with Crippen molar-refractivity contribution in [3.8, 4) is 0 Å². The van der Waals surface area contributed by atoms with Crippen molar-refractivity contribution in [2.45, 2.75) is 32.2 Å². The molecule has 2 bridgehead atoms. The van der Waals surface area contributed by atoms with E-state index in [4.69, 9.17) is 0 Å². The molecule has 2 nitrogen and oxygen atoms in total. The third-order valence-electron chi connectivity index (χ3n) is 5.24. The van der Waals surface area contributed by atoms with Crippen molar-refractivity contribution in [2.75, 3.05) is 0 Å². The Balaban J connectivity index is 1.77. The first-order valence-electron chi connectivity index (χ1n) is 8.27. The molecule has 0 fully saturated rings. The van der Waals surface area contributed by atoms with Crippen molar-refractivity contribution < 1.29 is 4.79 Å². The number of fused-ring (bicyclic) bond motifs is 4. The van der Waals surface area contributed by atoms with Crippen LogP contribution in [0.3, 0.4) is 0 Å². The Labute approximate surface area is 137 Å². The van der Waals surface area contributed by atoms with Gasteiger partial charge >= 0.3 is 0 Å². The molecule has 2 aromatic rings. The van der Waals surface area contributed by atoms with E-state index >= 15 is 0 Å². The standard InChI is InChI=1S/C21H21NO/c1-16(23)22-12-11-21(13-17-7-3-2-4-8-17)14-18-9-5-6-10-19(18)20(22)15-21/h2-12,20H,13-15H2,1H3/t20-,21+/m1/s1. The predicted molar refractivity (Wildman–Crippen MR) is 91.7 cm³/mol. The largest absolute Gasteiger partial charge is 0.312 e. The molecule has 1 aliphatic heterocycles. The molecule has 2 aliphatic rings. The van der Waals surface area contributed by atoms with Gasteiger partial charge in [-0.15, -0.1) is 0 Å². The molecule has 2 aromatic carbocycles. The Morgan fingerprint density at radius 1 is 1.13 bits per heavy atom. The summed E-state index contributed by atoms with van der Waals surface area (Å²) in [4.78, 5) is 14.0. The molecule has 2 atom stereocenters. The zero-order valence-corrected chi connectivity index (χ0v) is 13.4. The van der Waals surface area contributed by atoms with Gasteiger partial charge in [0.25, 0.3) is 0 Å². The van der Waals surface area contributed by atoms with Gasteiger partial charge in [-0.25, -0.2) is 0 Å². The molecule has 0 spiro atoms. The van der Waals surface area contributed by atoms with Gasteiger partial charge in [-0.3, -0.25) is 4.79 Å². The smallest absolute Gasteiger partial charge is 0.223 e. The average molecular weight is 303 g/mol. The van der Waals surface area contributed by atoms with Crippen molar-refractivity contribution in [2.24, 2.45) is 5.41 Å². The molecule has 23 heavy (non-hydrogen) atoms. The molecule has 0 unspecified atom stereocenters. The van der Waals surface area contributed by atoms with Gasteiger partial charge in [-0.1, -0.05) is 60.7 Å². The molecule has 1 aliphatic carbocycles. The van der Waals surface area contributed by atoms with Gasteiger partial charge in [-0.2, -0.15) is 0 Å². The number of hydrogen-bond acceptors (Lipinski definition) is 1. The Bertz CT molecular complexity index is 764. The second kappa shape index (κ2) is 5.38. The highest BCUT2D eigenvalue weighted by Crippen LogP contribution is 2.49. The molecule has 2 heteroatoms. The zero-order chi connectivity index (χ0) is 15.9. The summed E-state index contributed by atoms with van der Waals surface area (Å²) < 4.78 is 0. The summed E-state index contributed by atoms with van der Waals surface area (Å²) in [5.74, 6) is 0.122. The molecule has 1 amide bonds. The second-order valence-electron chi connectivity index (χ2n) is 6.86. The summed E-state index contributed by atoms with van der Waals surface area (Å²) in [6.07, 6.45) is 7.38. The van der Waals surface area contributed by atoms with Crippen LogP contribution in [0.1, 0.15) is 36.1 Å². The van der Waals surface area contributed by atoms with E-state index in [-0.39, 0.29) is 17.4 Å². The van der Waals surface area contributed by atoms with E-state index in [0.717, 1.165) is 19.3 Å². The summed E-state index contributed by atoms with van der Waals surface area (Å²) in [7, 11) is 0. The van der Waals surface area contributed by atoms with Crippen LogP contribution in [0.15, 0.2) is 66.9 Å². The fourth-order valence-electron chi connectivity index (χ4n) is 4.20. The summed E-state index contributed by atoms with van der Waals surface area (Å²) >= 11 is 0. The summed E-state index contributed by atoms with van der Waals surface area (Å²) in [5.41, 5.74) is 4.18. The number of carbonyl (C=O) groups excluding carboxylic acids is 1. The lowest BCUT2D eigenvalue weighted by Crippen LogP contribution is -2.42. The van der Waals surface area contributed by atoms with Gasteiger partial charge in [0, 0.05) is 18.5 Å². The average Bonchev–Trinajstić information content (AvgIpc) is 2.55. The fraction of sp³-hybridized carbons (Fsp3) is 0.286. The third kappa shape index (κ3) is 2.48. The van der Waals surface area contributed by atoms with Gasteiger partial charge < -0.3 is 4.90 Å². The summed E-state index contributed by atoms with van der Waals surface area (Å²) in [6.45, 7) is 1.66. The van der Waals surface area contributed by atoms with E-state index in [2.05, 4.69) is 60.7 Å². The number of amides is 1. The Hall–Kier alpha value is -2.35. The quantitative estimate of drug-likeness (QED) is 0.811. The van der Waals surface area contributed by atoms with Gasteiger partial charge in [0.15, 0.2) is 0 Å². The van der Waals surface area contributed by atoms with E-state index in [1.807, 2.05) is 11.1 Å². The van der Waals surface area contributed by atoms with Gasteiger partial charge in [0.2, 0.25) is 5.91 Å². The number of allylic oxidation sites excluding steroid dienone is 1.